The minimum Gasteiger partial charge on any atom is -0.382 e. The van der Waals surface area contributed by atoms with Gasteiger partial charge in [-0.3, -0.25) is 0 Å². The quantitative estimate of drug-likeness (QED) is 0.734. The van der Waals surface area contributed by atoms with Crippen molar-refractivity contribution >= 4 is 0 Å². The molecule has 0 aromatic heterocycles. The highest BCUT2D eigenvalue weighted by molar-refractivity contribution is 5.25. The third kappa shape index (κ3) is 3.83. The summed E-state index contributed by atoms with van der Waals surface area (Å²) in [6, 6.07) is 11.1. The maximum Gasteiger partial charge on any atom is 0.0481 e. The first-order chi connectivity index (χ1) is 8.12. The van der Waals surface area contributed by atoms with E-state index < -0.39 is 0 Å². The van der Waals surface area contributed by atoms with Crippen LogP contribution in [0.3, 0.4) is 0 Å². The van der Waals surface area contributed by atoms with Crippen molar-refractivity contribution in [2.45, 2.75) is 38.6 Å². The highest BCUT2D eigenvalue weighted by atomic mass is 16.5. The normalized spacial score (nSPS) is 13.6. The molecule has 1 unspecified atom stereocenters. The van der Waals surface area contributed by atoms with Crippen LogP contribution in [0.25, 0.3) is 0 Å². The van der Waals surface area contributed by atoms with Crippen molar-refractivity contribution in [3.8, 4) is 0 Å². The average Bonchev–Trinajstić information content (AvgIpc) is 2.35. The fourth-order valence-electron chi connectivity index (χ4n) is 2.28. The van der Waals surface area contributed by atoms with Gasteiger partial charge in [0.25, 0.3) is 0 Å². The summed E-state index contributed by atoms with van der Waals surface area (Å²) in [6.07, 6.45) is 1.03. The third-order valence-corrected chi connectivity index (χ3v) is 3.49. The number of hydrogen-bond donors (Lipinski definition) is 1. The van der Waals surface area contributed by atoms with Crippen LogP contribution >= 0.6 is 0 Å². The molecule has 0 fully saturated rings. The van der Waals surface area contributed by atoms with E-state index in [4.69, 9.17) is 4.74 Å². The van der Waals surface area contributed by atoms with Crippen molar-refractivity contribution in [2.24, 2.45) is 0 Å². The lowest BCUT2D eigenvalue weighted by atomic mass is 9.76. The zero-order valence-corrected chi connectivity index (χ0v) is 11.5. The zero-order valence-electron chi connectivity index (χ0n) is 11.5. The van der Waals surface area contributed by atoms with Crippen molar-refractivity contribution in [1.29, 1.82) is 0 Å². The molecule has 2 nitrogen and oxygen atoms in total. The molecule has 0 aliphatic heterocycles. The number of nitrogens with one attached hydrogen (secondary N) is 1. The van der Waals surface area contributed by atoms with E-state index in [1.807, 2.05) is 14.0 Å². The first-order valence-electron chi connectivity index (χ1n) is 6.43. The van der Waals surface area contributed by atoms with Crippen LogP contribution in [0.5, 0.6) is 0 Å². The number of ether oxygens (including phenoxy) is 1. The number of benzene rings is 1. The van der Waals surface area contributed by atoms with E-state index in [2.05, 4.69) is 49.5 Å². The molecule has 1 aromatic rings. The zero-order chi connectivity index (χ0) is 12.7. The molecule has 2 heteroatoms. The van der Waals surface area contributed by atoms with E-state index in [1.165, 1.54) is 5.56 Å². The van der Waals surface area contributed by atoms with Crippen LogP contribution in [0.2, 0.25) is 0 Å². The van der Waals surface area contributed by atoms with Gasteiger partial charge < -0.3 is 10.1 Å². The molecule has 0 heterocycles. The summed E-state index contributed by atoms with van der Waals surface area (Å²) in [5, 5.41) is 3.42. The van der Waals surface area contributed by atoms with E-state index in [-0.39, 0.29) is 5.41 Å². The molecule has 0 saturated carbocycles. The summed E-state index contributed by atoms with van der Waals surface area (Å²) in [5.74, 6) is 0. The van der Waals surface area contributed by atoms with Crippen LogP contribution in [-0.4, -0.2) is 26.3 Å². The van der Waals surface area contributed by atoms with Gasteiger partial charge in [-0.05, 0) is 26.0 Å². The SMILES string of the molecule is CCOCCC(NC)C(C)(C)c1ccccc1. The molecule has 0 saturated heterocycles. The van der Waals surface area contributed by atoms with E-state index in [1.54, 1.807) is 0 Å². The van der Waals surface area contributed by atoms with Gasteiger partial charge in [0.15, 0.2) is 0 Å². The molecule has 17 heavy (non-hydrogen) atoms. The van der Waals surface area contributed by atoms with Crippen LogP contribution in [0.15, 0.2) is 30.3 Å². The lowest BCUT2D eigenvalue weighted by molar-refractivity contribution is 0.128. The Labute approximate surface area is 105 Å². The molecule has 0 amide bonds. The Hall–Kier alpha value is -0.860. The molecule has 1 atom stereocenters. The molecule has 96 valence electrons. The molecule has 1 N–H and O–H groups in total. The topological polar surface area (TPSA) is 21.3 Å². The second-order valence-electron chi connectivity index (χ2n) is 4.91. The fourth-order valence-corrected chi connectivity index (χ4v) is 2.28. The van der Waals surface area contributed by atoms with Gasteiger partial charge in [-0.15, -0.1) is 0 Å². The Morgan fingerprint density at radius 3 is 2.41 bits per heavy atom. The Bertz CT molecular complexity index is 308. The lowest BCUT2D eigenvalue weighted by Gasteiger charge is -2.35. The summed E-state index contributed by atoms with van der Waals surface area (Å²) in [5.41, 5.74) is 1.49. The van der Waals surface area contributed by atoms with E-state index in [9.17, 15) is 0 Å². The Balaban J connectivity index is 2.72. The predicted octanol–water partition coefficient (Wildman–Crippen LogP) is 2.98. The van der Waals surface area contributed by atoms with Gasteiger partial charge in [0, 0.05) is 24.7 Å². The second-order valence-corrected chi connectivity index (χ2v) is 4.91. The van der Waals surface area contributed by atoms with E-state index >= 15 is 0 Å². The Kier molecular flexibility index (Phi) is 5.66. The number of rotatable bonds is 7. The minimum atomic E-state index is 0.118. The average molecular weight is 235 g/mol. The predicted molar refractivity (Wildman–Crippen MR) is 73.4 cm³/mol. The summed E-state index contributed by atoms with van der Waals surface area (Å²) in [4.78, 5) is 0. The molecular weight excluding hydrogens is 210 g/mol. The summed E-state index contributed by atoms with van der Waals surface area (Å²) < 4.78 is 5.46. The van der Waals surface area contributed by atoms with Gasteiger partial charge in [-0.2, -0.15) is 0 Å². The number of hydrogen-bond acceptors (Lipinski definition) is 2. The summed E-state index contributed by atoms with van der Waals surface area (Å²) in [6.45, 7) is 8.22. The molecule has 0 aliphatic carbocycles. The standard InChI is InChI=1S/C15H25NO/c1-5-17-12-11-14(16-4)15(2,3)13-9-7-6-8-10-13/h6-10,14,16H,5,11-12H2,1-4H3. The highest BCUT2D eigenvalue weighted by Gasteiger charge is 2.29. The van der Waals surface area contributed by atoms with Crippen molar-refractivity contribution in [1.82, 2.24) is 5.32 Å². The monoisotopic (exact) mass is 235 g/mol. The van der Waals surface area contributed by atoms with Crippen molar-refractivity contribution < 1.29 is 4.74 Å². The molecule has 1 aromatic carbocycles. The third-order valence-electron chi connectivity index (χ3n) is 3.49. The molecule has 0 spiro atoms. The van der Waals surface area contributed by atoms with Crippen LogP contribution in [0.1, 0.15) is 32.8 Å². The largest absolute Gasteiger partial charge is 0.382 e. The van der Waals surface area contributed by atoms with Gasteiger partial charge in [0.1, 0.15) is 0 Å². The molecular formula is C15H25NO. The highest BCUT2D eigenvalue weighted by Crippen LogP contribution is 2.28. The second kappa shape index (κ2) is 6.77. The Morgan fingerprint density at radius 2 is 1.88 bits per heavy atom. The van der Waals surface area contributed by atoms with Gasteiger partial charge in [0.2, 0.25) is 0 Å². The lowest BCUT2D eigenvalue weighted by Crippen LogP contribution is -2.43. The van der Waals surface area contributed by atoms with Crippen molar-refractivity contribution in [3.63, 3.8) is 0 Å². The van der Waals surface area contributed by atoms with Crippen LogP contribution in [0, 0.1) is 0 Å². The molecule has 0 radical (unpaired) electrons. The maximum absolute atomic E-state index is 5.46. The van der Waals surface area contributed by atoms with E-state index in [0.29, 0.717) is 6.04 Å². The molecule has 0 bridgehead atoms. The van der Waals surface area contributed by atoms with Crippen molar-refractivity contribution in [3.05, 3.63) is 35.9 Å². The van der Waals surface area contributed by atoms with Gasteiger partial charge >= 0.3 is 0 Å². The van der Waals surface area contributed by atoms with Gasteiger partial charge in [-0.1, -0.05) is 44.2 Å². The summed E-state index contributed by atoms with van der Waals surface area (Å²) in [7, 11) is 2.03. The Morgan fingerprint density at radius 1 is 1.24 bits per heavy atom. The smallest absolute Gasteiger partial charge is 0.0481 e. The van der Waals surface area contributed by atoms with E-state index in [0.717, 1.165) is 19.6 Å². The summed E-state index contributed by atoms with van der Waals surface area (Å²) >= 11 is 0. The maximum atomic E-state index is 5.46. The molecule has 0 aliphatic rings. The first kappa shape index (κ1) is 14.2. The minimum absolute atomic E-state index is 0.118. The first-order valence-corrected chi connectivity index (χ1v) is 6.43. The van der Waals surface area contributed by atoms with Crippen LogP contribution < -0.4 is 5.32 Å². The van der Waals surface area contributed by atoms with Crippen LogP contribution in [0.4, 0.5) is 0 Å². The fraction of sp³-hybridized carbons (Fsp3) is 0.600. The van der Waals surface area contributed by atoms with Crippen molar-refractivity contribution in [2.75, 3.05) is 20.3 Å². The molecule has 1 rings (SSSR count). The number of likely N-dealkylation sites (N-methyl/N-ethyl adjacent to an activating group) is 1. The van der Waals surface area contributed by atoms with Crippen LogP contribution in [-0.2, 0) is 10.2 Å². The van der Waals surface area contributed by atoms with Gasteiger partial charge in [-0.25, -0.2) is 0 Å². The van der Waals surface area contributed by atoms with Gasteiger partial charge in [0.05, 0.1) is 0 Å².